The van der Waals surface area contributed by atoms with Crippen LogP contribution in [-0.4, -0.2) is 37.1 Å². The van der Waals surface area contributed by atoms with Crippen molar-refractivity contribution in [3.63, 3.8) is 0 Å². The summed E-state index contributed by atoms with van der Waals surface area (Å²) in [6.07, 6.45) is 9.98. The van der Waals surface area contributed by atoms with Gasteiger partial charge in [-0.2, -0.15) is 0 Å². The summed E-state index contributed by atoms with van der Waals surface area (Å²) < 4.78 is 0. The highest BCUT2D eigenvalue weighted by molar-refractivity contribution is 4.80. The molecule has 0 aromatic carbocycles. The van der Waals surface area contributed by atoms with E-state index >= 15 is 0 Å². The minimum atomic E-state index is 0.889. The quantitative estimate of drug-likeness (QED) is 0.689. The van der Waals surface area contributed by atoms with Crippen molar-refractivity contribution in [2.75, 3.05) is 26.2 Å². The van der Waals surface area contributed by atoms with Crippen molar-refractivity contribution >= 4 is 0 Å². The molecular formula is C14H28N2. The van der Waals surface area contributed by atoms with Crippen molar-refractivity contribution in [3.8, 4) is 0 Å². The van der Waals surface area contributed by atoms with E-state index in [0.29, 0.717) is 0 Å². The minimum absolute atomic E-state index is 0.889. The van der Waals surface area contributed by atoms with E-state index < -0.39 is 0 Å². The number of nitrogens with one attached hydrogen (secondary N) is 1. The lowest BCUT2D eigenvalue weighted by Crippen LogP contribution is -2.43. The van der Waals surface area contributed by atoms with Gasteiger partial charge in [0.1, 0.15) is 0 Å². The van der Waals surface area contributed by atoms with E-state index in [1.165, 1.54) is 71.1 Å². The highest BCUT2D eigenvalue weighted by atomic mass is 15.2. The molecule has 0 aromatic heterocycles. The third-order valence-electron chi connectivity index (χ3n) is 4.38. The summed E-state index contributed by atoms with van der Waals surface area (Å²) >= 11 is 0. The molecule has 2 heteroatoms. The minimum Gasteiger partial charge on any atom is -0.317 e. The normalized spacial score (nSPS) is 35.1. The van der Waals surface area contributed by atoms with Gasteiger partial charge in [-0.3, -0.25) is 0 Å². The van der Waals surface area contributed by atoms with Crippen LogP contribution in [0.1, 0.15) is 51.9 Å². The van der Waals surface area contributed by atoms with Gasteiger partial charge in [0.25, 0.3) is 0 Å². The fourth-order valence-corrected chi connectivity index (χ4v) is 3.40. The Kier molecular flexibility index (Phi) is 5.11. The standard InChI is InChI=1S/C14H28N2/c1-13-7-3-2-4-8-14(13)16-11-5-9-15-10-6-12-16/h13-15H,2-12H2,1H3. The van der Waals surface area contributed by atoms with Crippen LogP contribution in [0.15, 0.2) is 0 Å². The third-order valence-corrected chi connectivity index (χ3v) is 4.38. The van der Waals surface area contributed by atoms with Crippen LogP contribution in [0.5, 0.6) is 0 Å². The summed E-state index contributed by atoms with van der Waals surface area (Å²) in [4.78, 5) is 2.80. The van der Waals surface area contributed by atoms with Crippen molar-refractivity contribution in [3.05, 3.63) is 0 Å². The molecule has 2 nitrogen and oxygen atoms in total. The molecule has 0 bridgehead atoms. The molecule has 1 saturated heterocycles. The number of hydrogen-bond donors (Lipinski definition) is 1. The Hall–Kier alpha value is -0.0800. The predicted octanol–water partition coefficient (Wildman–Crippen LogP) is 2.64. The monoisotopic (exact) mass is 224 g/mol. The maximum atomic E-state index is 3.51. The SMILES string of the molecule is CC1CCCCCC1N1CCCNCCC1. The first kappa shape index (κ1) is 12.4. The van der Waals surface area contributed by atoms with E-state index in [2.05, 4.69) is 17.1 Å². The first-order valence-electron chi connectivity index (χ1n) is 7.32. The van der Waals surface area contributed by atoms with Crippen LogP contribution in [0.4, 0.5) is 0 Å². The summed E-state index contributed by atoms with van der Waals surface area (Å²) in [5.41, 5.74) is 0. The Labute approximate surface area is 101 Å². The Balaban J connectivity index is 1.90. The lowest BCUT2D eigenvalue weighted by atomic mass is 9.95. The third kappa shape index (κ3) is 3.46. The molecule has 1 heterocycles. The van der Waals surface area contributed by atoms with Gasteiger partial charge in [-0.15, -0.1) is 0 Å². The van der Waals surface area contributed by atoms with E-state index in [0.717, 1.165) is 12.0 Å². The molecule has 94 valence electrons. The van der Waals surface area contributed by atoms with Gasteiger partial charge in [0.15, 0.2) is 0 Å². The van der Waals surface area contributed by atoms with Gasteiger partial charge in [0.05, 0.1) is 0 Å². The molecule has 0 amide bonds. The zero-order valence-electron chi connectivity index (χ0n) is 10.9. The lowest BCUT2D eigenvalue weighted by molar-refractivity contribution is 0.131. The van der Waals surface area contributed by atoms with Gasteiger partial charge in [-0.25, -0.2) is 0 Å². The molecule has 16 heavy (non-hydrogen) atoms. The largest absolute Gasteiger partial charge is 0.317 e. The Morgan fingerprint density at radius 3 is 2.31 bits per heavy atom. The molecular weight excluding hydrogens is 196 g/mol. The Morgan fingerprint density at radius 1 is 0.875 bits per heavy atom. The molecule has 1 aliphatic carbocycles. The Bertz CT molecular complexity index is 185. The molecule has 0 aromatic rings. The molecule has 2 aliphatic rings. The van der Waals surface area contributed by atoms with E-state index in [1.54, 1.807) is 0 Å². The average Bonchev–Trinajstić information content (AvgIpc) is 2.43. The molecule has 1 N–H and O–H groups in total. The second-order valence-corrected chi connectivity index (χ2v) is 5.68. The molecule has 2 unspecified atom stereocenters. The lowest BCUT2D eigenvalue weighted by Gasteiger charge is -2.36. The summed E-state index contributed by atoms with van der Waals surface area (Å²) in [5, 5.41) is 3.51. The molecule has 1 saturated carbocycles. The second-order valence-electron chi connectivity index (χ2n) is 5.68. The number of nitrogens with zero attached hydrogens (tertiary/aromatic N) is 1. The van der Waals surface area contributed by atoms with E-state index in [4.69, 9.17) is 0 Å². The molecule has 2 rings (SSSR count). The zero-order valence-corrected chi connectivity index (χ0v) is 10.9. The van der Waals surface area contributed by atoms with Crippen LogP contribution in [-0.2, 0) is 0 Å². The predicted molar refractivity (Wildman–Crippen MR) is 69.7 cm³/mol. The zero-order chi connectivity index (χ0) is 11.2. The van der Waals surface area contributed by atoms with Gasteiger partial charge in [0.2, 0.25) is 0 Å². The van der Waals surface area contributed by atoms with Crippen molar-refractivity contribution in [2.24, 2.45) is 5.92 Å². The van der Waals surface area contributed by atoms with E-state index in [9.17, 15) is 0 Å². The molecule has 2 fully saturated rings. The summed E-state index contributed by atoms with van der Waals surface area (Å²) in [6.45, 7) is 7.56. The summed E-state index contributed by atoms with van der Waals surface area (Å²) in [7, 11) is 0. The van der Waals surface area contributed by atoms with Crippen molar-refractivity contribution in [2.45, 2.75) is 57.9 Å². The first-order valence-corrected chi connectivity index (χ1v) is 7.32. The molecule has 0 spiro atoms. The van der Waals surface area contributed by atoms with E-state index in [1.807, 2.05) is 0 Å². The molecule has 2 atom stereocenters. The smallest absolute Gasteiger partial charge is 0.0121 e. The maximum Gasteiger partial charge on any atom is 0.0121 e. The van der Waals surface area contributed by atoms with Crippen molar-refractivity contribution < 1.29 is 0 Å². The topological polar surface area (TPSA) is 15.3 Å². The maximum absolute atomic E-state index is 3.51. The van der Waals surface area contributed by atoms with Crippen LogP contribution >= 0.6 is 0 Å². The summed E-state index contributed by atoms with van der Waals surface area (Å²) in [6, 6.07) is 0.889. The van der Waals surface area contributed by atoms with Crippen LogP contribution < -0.4 is 5.32 Å². The van der Waals surface area contributed by atoms with Crippen LogP contribution in [0.25, 0.3) is 0 Å². The Morgan fingerprint density at radius 2 is 1.56 bits per heavy atom. The fourth-order valence-electron chi connectivity index (χ4n) is 3.40. The summed E-state index contributed by atoms with van der Waals surface area (Å²) in [5.74, 6) is 0.926. The number of hydrogen-bond acceptors (Lipinski definition) is 2. The van der Waals surface area contributed by atoms with E-state index in [-0.39, 0.29) is 0 Å². The van der Waals surface area contributed by atoms with Gasteiger partial charge in [-0.1, -0.05) is 26.2 Å². The number of rotatable bonds is 1. The van der Waals surface area contributed by atoms with Gasteiger partial charge in [-0.05, 0) is 57.8 Å². The van der Waals surface area contributed by atoms with Crippen LogP contribution in [0.2, 0.25) is 0 Å². The highest BCUT2D eigenvalue weighted by Crippen LogP contribution is 2.27. The van der Waals surface area contributed by atoms with Crippen molar-refractivity contribution in [1.29, 1.82) is 0 Å². The second kappa shape index (κ2) is 6.61. The average molecular weight is 224 g/mol. The van der Waals surface area contributed by atoms with Gasteiger partial charge in [0, 0.05) is 6.04 Å². The van der Waals surface area contributed by atoms with Gasteiger partial charge < -0.3 is 10.2 Å². The van der Waals surface area contributed by atoms with Crippen molar-refractivity contribution in [1.82, 2.24) is 10.2 Å². The first-order chi connectivity index (χ1) is 7.88. The van der Waals surface area contributed by atoms with Gasteiger partial charge >= 0.3 is 0 Å². The molecule has 0 radical (unpaired) electrons. The van der Waals surface area contributed by atoms with Crippen LogP contribution in [0, 0.1) is 5.92 Å². The molecule has 1 aliphatic heterocycles. The fraction of sp³-hybridized carbons (Fsp3) is 1.00. The highest BCUT2D eigenvalue weighted by Gasteiger charge is 2.25. The van der Waals surface area contributed by atoms with Crippen LogP contribution in [0.3, 0.4) is 0 Å².